The number of para-hydroxylation sites is 1. The van der Waals surface area contributed by atoms with E-state index in [1.807, 2.05) is 0 Å². The first-order valence-electron chi connectivity index (χ1n) is 11.7. The Morgan fingerprint density at radius 3 is 2.31 bits per heavy atom. The zero-order valence-corrected chi connectivity index (χ0v) is 21.8. The fourth-order valence-electron chi connectivity index (χ4n) is 4.22. The number of rotatable bonds is 5. The van der Waals surface area contributed by atoms with Crippen LogP contribution in [0, 0.1) is 11.6 Å². The predicted octanol–water partition coefficient (Wildman–Crippen LogP) is 6.45. The number of oxime groups is 1. The van der Waals surface area contributed by atoms with Crippen LogP contribution in [0.25, 0.3) is 5.69 Å². The minimum absolute atomic E-state index is 0.0407. The molecule has 0 bridgehead atoms. The molecule has 0 unspecified atom stereocenters. The van der Waals surface area contributed by atoms with Gasteiger partial charge in [-0.25, -0.2) is 8.78 Å². The fraction of sp³-hybridized carbons (Fsp3) is 0.333. The monoisotopic (exact) mass is 533 g/mol. The topological polar surface area (TPSA) is 46.8 Å². The van der Waals surface area contributed by atoms with E-state index in [0.717, 1.165) is 38.1 Å². The summed E-state index contributed by atoms with van der Waals surface area (Å²) in [7, 11) is 0. The van der Waals surface area contributed by atoms with Gasteiger partial charge in [-0.2, -0.15) is 0 Å². The summed E-state index contributed by atoms with van der Waals surface area (Å²) in [5.41, 5.74) is 0.514. The second-order valence-corrected chi connectivity index (χ2v) is 10.5. The number of aromatic nitrogens is 1. The second kappa shape index (κ2) is 10.7. The van der Waals surface area contributed by atoms with Crippen molar-refractivity contribution >= 4 is 28.9 Å². The Kier molecular flexibility index (Phi) is 7.83. The highest BCUT2D eigenvalue weighted by Crippen LogP contribution is 2.28. The summed E-state index contributed by atoms with van der Waals surface area (Å²) in [4.78, 5) is 21.0. The van der Waals surface area contributed by atoms with Crippen molar-refractivity contribution in [2.75, 3.05) is 13.1 Å². The molecule has 4 rings (SSSR count). The molecule has 0 spiro atoms. The smallest absolute Gasteiger partial charge is 0.255 e. The van der Waals surface area contributed by atoms with Crippen LogP contribution in [0.5, 0.6) is 0 Å². The van der Waals surface area contributed by atoms with Crippen LogP contribution < -0.4 is 5.56 Å². The van der Waals surface area contributed by atoms with Gasteiger partial charge in [-0.15, -0.1) is 0 Å². The van der Waals surface area contributed by atoms with Gasteiger partial charge in [0.2, 0.25) is 0 Å². The van der Waals surface area contributed by atoms with E-state index in [1.165, 1.54) is 29.0 Å². The number of hydrogen-bond donors (Lipinski definition) is 0. The van der Waals surface area contributed by atoms with Crippen LogP contribution in [0.4, 0.5) is 8.78 Å². The van der Waals surface area contributed by atoms with Crippen molar-refractivity contribution in [3.8, 4) is 5.69 Å². The third kappa shape index (κ3) is 5.80. The van der Waals surface area contributed by atoms with Gasteiger partial charge < -0.3 is 4.84 Å². The van der Waals surface area contributed by atoms with E-state index in [1.54, 1.807) is 18.2 Å². The number of piperidine rings is 1. The van der Waals surface area contributed by atoms with E-state index in [2.05, 4.69) is 30.8 Å². The molecule has 9 heteroatoms. The van der Waals surface area contributed by atoms with Crippen LogP contribution in [0.3, 0.4) is 0 Å². The molecule has 2 heterocycles. The first-order valence-corrected chi connectivity index (χ1v) is 12.4. The molecule has 5 nitrogen and oxygen atoms in total. The highest BCUT2D eigenvalue weighted by Gasteiger charge is 2.28. The molecule has 0 atom stereocenters. The van der Waals surface area contributed by atoms with Gasteiger partial charge in [0.1, 0.15) is 23.5 Å². The zero-order chi connectivity index (χ0) is 26.0. The Balaban J connectivity index is 1.73. The SMILES string of the molecule is CC(C)(C)N1CCC(O/N=C(\c2ccc(=O)n(-c3c(Cl)cccc3Cl)c2)c2ccc(F)cc2F)CC1. The summed E-state index contributed by atoms with van der Waals surface area (Å²) in [5.74, 6) is -1.51. The van der Waals surface area contributed by atoms with E-state index >= 15 is 0 Å². The van der Waals surface area contributed by atoms with Crippen molar-refractivity contribution in [2.45, 2.75) is 45.3 Å². The lowest BCUT2D eigenvalue weighted by Gasteiger charge is -2.40. The predicted molar refractivity (Wildman–Crippen MR) is 139 cm³/mol. The summed E-state index contributed by atoms with van der Waals surface area (Å²) in [6, 6.07) is 11.0. The van der Waals surface area contributed by atoms with E-state index < -0.39 is 11.6 Å². The van der Waals surface area contributed by atoms with Crippen LogP contribution in [0.15, 0.2) is 64.7 Å². The summed E-state index contributed by atoms with van der Waals surface area (Å²) in [6.45, 7) is 8.20. The van der Waals surface area contributed by atoms with Crippen molar-refractivity contribution < 1.29 is 13.6 Å². The molecule has 190 valence electrons. The van der Waals surface area contributed by atoms with Gasteiger partial charge in [0.25, 0.3) is 5.56 Å². The summed E-state index contributed by atoms with van der Waals surface area (Å²) in [5, 5.41) is 4.88. The molecule has 2 aromatic carbocycles. The number of halogens is 4. The molecule has 1 aliphatic rings. The zero-order valence-electron chi connectivity index (χ0n) is 20.3. The van der Waals surface area contributed by atoms with Crippen LogP contribution >= 0.6 is 23.2 Å². The standard InChI is InChI=1S/C27H27Cl2F2N3O2/c1-27(2,3)33-13-11-19(12-14-33)36-32-25(20-9-8-18(30)15-23(20)31)17-7-10-24(35)34(16-17)26-21(28)5-4-6-22(26)29/h4-10,15-16,19H,11-14H2,1-3H3/b32-25+. The lowest BCUT2D eigenvalue weighted by atomic mass is 10.00. The summed E-state index contributed by atoms with van der Waals surface area (Å²) >= 11 is 12.7. The van der Waals surface area contributed by atoms with Crippen molar-refractivity contribution in [1.82, 2.24) is 9.47 Å². The molecule has 36 heavy (non-hydrogen) atoms. The minimum atomic E-state index is -0.798. The number of hydrogen-bond acceptors (Lipinski definition) is 4. The van der Waals surface area contributed by atoms with Crippen LogP contribution in [-0.4, -0.2) is 39.9 Å². The van der Waals surface area contributed by atoms with Crippen molar-refractivity contribution in [1.29, 1.82) is 0 Å². The molecule has 0 radical (unpaired) electrons. The van der Waals surface area contributed by atoms with Crippen molar-refractivity contribution in [2.24, 2.45) is 5.16 Å². The number of likely N-dealkylation sites (tertiary alicyclic amines) is 1. The van der Waals surface area contributed by atoms with Gasteiger partial charge in [0, 0.05) is 48.1 Å². The van der Waals surface area contributed by atoms with E-state index in [9.17, 15) is 13.6 Å². The summed E-state index contributed by atoms with van der Waals surface area (Å²) in [6.07, 6.45) is 2.83. The maximum Gasteiger partial charge on any atom is 0.255 e. The van der Waals surface area contributed by atoms with Crippen molar-refractivity contribution in [3.63, 3.8) is 0 Å². The molecular formula is C27H27Cl2F2N3O2. The largest absolute Gasteiger partial charge is 0.392 e. The van der Waals surface area contributed by atoms with Gasteiger partial charge in [-0.05, 0) is 63.9 Å². The number of nitrogens with zero attached hydrogens (tertiary/aromatic N) is 3. The quantitative estimate of drug-likeness (QED) is 0.279. The molecule has 1 saturated heterocycles. The Labute approximate surface area is 218 Å². The molecule has 0 saturated carbocycles. The number of benzene rings is 2. The molecule has 1 aromatic heterocycles. The van der Waals surface area contributed by atoms with Crippen LogP contribution in [0.2, 0.25) is 10.0 Å². The van der Waals surface area contributed by atoms with Gasteiger partial charge in [0.15, 0.2) is 0 Å². The van der Waals surface area contributed by atoms with E-state index in [4.69, 9.17) is 28.0 Å². The van der Waals surface area contributed by atoms with Crippen LogP contribution in [0.1, 0.15) is 44.7 Å². The highest BCUT2D eigenvalue weighted by molar-refractivity contribution is 6.37. The van der Waals surface area contributed by atoms with Crippen LogP contribution in [-0.2, 0) is 4.84 Å². The molecule has 1 fully saturated rings. The Morgan fingerprint density at radius 2 is 1.69 bits per heavy atom. The van der Waals surface area contributed by atoms with Gasteiger partial charge in [0.05, 0.1) is 15.7 Å². The first-order chi connectivity index (χ1) is 17.0. The third-order valence-electron chi connectivity index (χ3n) is 6.23. The maximum absolute atomic E-state index is 14.9. The van der Waals surface area contributed by atoms with E-state index in [0.29, 0.717) is 11.3 Å². The second-order valence-electron chi connectivity index (χ2n) is 9.72. The Morgan fingerprint density at radius 1 is 1.03 bits per heavy atom. The molecule has 0 amide bonds. The Hall–Kier alpha value is -2.74. The van der Waals surface area contributed by atoms with Gasteiger partial charge in [-0.3, -0.25) is 14.3 Å². The molecule has 0 N–H and O–H groups in total. The highest BCUT2D eigenvalue weighted by atomic mass is 35.5. The van der Waals surface area contributed by atoms with Crippen molar-refractivity contribution in [3.05, 3.63) is 97.9 Å². The maximum atomic E-state index is 14.9. The lowest BCUT2D eigenvalue weighted by molar-refractivity contribution is -0.0104. The summed E-state index contributed by atoms with van der Waals surface area (Å²) < 4.78 is 29.8. The van der Waals surface area contributed by atoms with Gasteiger partial charge in [-0.1, -0.05) is 34.4 Å². The third-order valence-corrected chi connectivity index (χ3v) is 6.84. The molecule has 3 aromatic rings. The normalized spacial score (nSPS) is 15.8. The fourth-order valence-corrected chi connectivity index (χ4v) is 4.80. The average molecular weight is 534 g/mol. The lowest BCUT2D eigenvalue weighted by Crippen LogP contribution is -2.47. The first kappa shape index (κ1) is 26.3. The molecule has 1 aliphatic heterocycles. The number of pyridine rings is 1. The van der Waals surface area contributed by atoms with E-state index in [-0.39, 0.29) is 38.5 Å². The molecule has 0 aliphatic carbocycles. The average Bonchev–Trinajstić information content (AvgIpc) is 2.81. The minimum Gasteiger partial charge on any atom is -0.392 e. The van der Waals surface area contributed by atoms with Gasteiger partial charge >= 0.3 is 0 Å². The molecular weight excluding hydrogens is 507 g/mol. The Bertz CT molecular complexity index is 1320.